The SMILES string of the molecule is C=C(C)c1cc(C2(NC(=O)c3cc(OC[C@H](C)NC)ccc3C)CC2)c2cccnc2c1. The summed E-state index contributed by atoms with van der Waals surface area (Å²) in [5, 5.41) is 7.57. The molecule has 1 saturated carbocycles. The van der Waals surface area contributed by atoms with Gasteiger partial charge in [0.1, 0.15) is 12.4 Å². The van der Waals surface area contributed by atoms with E-state index in [4.69, 9.17) is 4.74 Å². The molecule has 3 aromatic rings. The number of aryl methyl sites for hydroxylation is 1. The third-order valence-electron chi connectivity index (χ3n) is 6.28. The van der Waals surface area contributed by atoms with Crippen LogP contribution in [0.5, 0.6) is 5.75 Å². The zero-order chi connectivity index (χ0) is 22.9. The van der Waals surface area contributed by atoms with Crippen molar-refractivity contribution in [2.24, 2.45) is 0 Å². The Balaban J connectivity index is 1.64. The van der Waals surface area contributed by atoms with Crippen molar-refractivity contribution >= 4 is 22.4 Å². The fourth-order valence-electron chi connectivity index (χ4n) is 3.94. The molecule has 1 aromatic heterocycles. The lowest BCUT2D eigenvalue weighted by molar-refractivity contribution is 0.0930. The van der Waals surface area contributed by atoms with Crippen LogP contribution < -0.4 is 15.4 Å². The standard InChI is InChI=1S/C27H31N3O2/c1-17(2)20-13-24(22-7-6-12-29-25(22)14-20)27(10-11-27)30-26(31)23-15-21(9-8-18(23)3)32-16-19(4)28-5/h6-9,12-15,19,28H,1,10-11,16H2,2-5H3,(H,30,31)/t19-/m0/s1. The van der Waals surface area contributed by atoms with Crippen LogP contribution in [0.1, 0.15) is 53.7 Å². The second-order valence-corrected chi connectivity index (χ2v) is 8.89. The normalized spacial score (nSPS) is 15.2. The number of nitrogens with zero attached hydrogens (tertiary/aromatic N) is 1. The third kappa shape index (κ3) is 4.39. The van der Waals surface area contributed by atoms with Crippen LogP contribution in [0.25, 0.3) is 16.5 Å². The Kier molecular flexibility index (Phi) is 6.02. The number of benzene rings is 2. The Hall–Kier alpha value is -3.18. The molecule has 0 radical (unpaired) electrons. The number of aromatic nitrogens is 1. The molecule has 1 heterocycles. The van der Waals surface area contributed by atoms with Crippen molar-refractivity contribution in [3.63, 3.8) is 0 Å². The lowest BCUT2D eigenvalue weighted by Gasteiger charge is -2.22. The van der Waals surface area contributed by atoms with Gasteiger partial charge in [-0.2, -0.15) is 0 Å². The molecule has 1 aliphatic rings. The van der Waals surface area contributed by atoms with E-state index in [1.165, 1.54) is 0 Å². The molecule has 166 valence electrons. The van der Waals surface area contributed by atoms with E-state index < -0.39 is 0 Å². The first-order chi connectivity index (χ1) is 15.3. The summed E-state index contributed by atoms with van der Waals surface area (Å²) in [5.41, 5.74) is 5.26. The lowest BCUT2D eigenvalue weighted by atomic mass is 9.94. The number of carbonyl (C=O) groups is 1. The molecular formula is C27H31N3O2. The summed E-state index contributed by atoms with van der Waals surface area (Å²) in [6.07, 6.45) is 3.60. The van der Waals surface area contributed by atoms with Gasteiger partial charge in [-0.3, -0.25) is 9.78 Å². The molecule has 2 aromatic carbocycles. The fourth-order valence-corrected chi connectivity index (χ4v) is 3.94. The minimum Gasteiger partial charge on any atom is -0.492 e. The van der Waals surface area contributed by atoms with Gasteiger partial charge >= 0.3 is 0 Å². The smallest absolute Gasteiger partial charge is 0.252 e. The van der Waals surface area contributed by atoms with E-state index in [0.717, 1.165) is 46.0 Å². The number of amides is 1. The predicted molar refractivity (Wildman–Crippen MR) is 130 cm³/mol. The van der Waals surface area contributed by atoms with E-state index >= 15 is 0 Å². The number of nitrogens with one attached hydrogen (secondary N) is 2. The number of carbonyl (C=O) groups excluding carboxylic acids is 1. The predicted octanol–water partition coefficient (Wildman–Crippen LogP) is 4.98. The minimum atomic E-state index is -0.381. The van der Waals surface area contributed by atoms with Crippen LogP contribution in [0, 0.1) is 6.92 Å². The summed E-state index contributed by atoms with van der Waals surface area (Å²) in [4.78, 5) is 17.9. The highest BCUT2D eigenvalue weighted by atomic mass is 16.5. The van der Waals surface area contributed by atoms with Gasteiger partial charge in [0.15, 0.2) is 0 Å². The van der Waals surface area contributed by atoms with E-state index in [-0.39, 0.29) is 17.5 Å². The van der Waals surface area contributed by atoms with Gasteiger partial charge in [-0.15, -0.1) is 0 Å². The van der Waals surface area contributed by atoms with E-state index in [1.807, 2.05) is 45.2 Å². The fraction of sp³-hybridized carbons (Fsp3) is 0.333. The first-order valence-electron chi connectivity index (χ1n) is 11.1. The van der Waals surface area contributed by atoms with Crippen molar-refractivity contribution in [3.05, 3.63) is 77.5 Å². The van der Waals surface area contributed by atoms with Crippen LogP contribution in [-0.4, -0.2) is 30.6 Å². The molecule has 0 saturated heterocycles. The average Bonchev–Trinajstić information content (AvgIpc) is 3.57. The molecule has 0 unspecified atom stereocenters. The van der Waals surface area contributed by atoms with Gasteiger partial charge in [-0.25, -0.2) is 0 Å². The van der Waals surface area contributed by atoms with Gasteiger partial charge in [0, 0.05) is 23.2 Å². The zero-order valence-electron chi connectivity index (χ0n) is 19.3. The second kappa shape index (κ2) is 8.75. The number of ether oxygens (including phenoxy) is 1. The summed E-state index contributed by atoms with van der Waals surface area (Å²) in [6.45, 7) is 10.6. The van der Waals surface area contributed by atoms with E-state index in [1.54, 1.807) is 6.20 Å². The van der Waals surface area contributed by atoms with Crippen molar-refractivity contribution in [1.29, 1.82) is 0 Å². The highest BCUT2D eigenvalue weighted by Gasteiger charge is 2.47. The molecule has 0 bridgehead atoms. The number of hydrogen-bond donors (Lipinski definition) is 2. The maximum Gasteiger partial charge on any atom is 0.252 e. The lowest BCUT2D eigenvalue weighted by Crippen LogP contribution is -2.35. The Morgan fingerprint density at radius 1 is 1.25 bits per heavy atom. The summed E-state index contributed by atoms with van der Waals surface area (Å²) >= 11 is 0. The van der Waals surface area contributed by atoms with Crippen molar-refractivity contribution in [2.75, 3.05) is 13.7 Å². The maximum atomic E-state index is 13.4. The van der Waals surface area contributed by atoms with Crippen molar-refractivity contribution in [3.8, 4) is 5.75 Å². The van der Waals surface area contributed by atoms with Crippen molar-refractivity contribution in [1.82, 2.24) is 15.6 Å². The van der Waals surface area contributed by atoms with E-state index in [0.29, 0.717) is 17.9 Å². The van der Waals surface area contributed by atoms with Crippen molar-refractivity contribution < 1.29 is 9.53 Å². The summed E-state index contributed by atoms with van der Waals surface area (Å²) in [5.74, 6) is 0.622. The van der Waals surface area contributed by atoms with Crippen LogP contribution in [0.3, 0.4) is 0 Å². The molecule has 1 atom stereocenters. The quantitative estimate of drug-likeness (QED) is 0.530. The number of rotatable bonds is 8. The van der Waals surface area contributed by atoms with Gasteiger partial charge in [-0.05, 0) is 87.7 Å². The Labute approximate surface area is 189 Å². The van der Waals surface area contributed by atoms with Crippen LogP contribution in [0.2, 0.25) is 0 Å². The highest BCUT2D eigenvalue weighted by Crippen LogP contribution is 2.48. The van der Waals surface area contributed by atoms with Crippen LogP contribution >= 0.6 is 0 Å². The molecule has 1 fully saturated rings. The molecule has 1 aliphatic carbocycles. The Morgan fingerprint density at radius 3 is 2.72 bits per heavy atom. The van der Waals surface area contributed by atoms with Gasteiger partial charge in [0.05, 0.1) is 11.1 Å². The summed E-state index contributed by atoms with van der Waals surface area (Å²) in [6, 6.07) is 14.2. The van der Waals surface area contributed by atoms with Crippen molar-refractivity contribution in [2.45, 2.75) is 45.2 Å². The number of likely N-dealkylation sites (N-methyl/N-ethyl adjacent to an activating group) is 1. The molecule has 32 heavy (non-hydrogen) atoms. The van der Waals surface area contributed by atoms with Gasteiger partial charge in [0.2, 0.25) is 0 Å². The zero-order valence-corrected chi connectivity index (χ0v) is 19.3. The number of allylic oxidation sites excluding steroid dienone is 1. The van der Waals surface area contributed by atoms with Gasteiger partial charge in [-0.1, -0.05) is 24.3 Å². The van der Waals surface area contributed by atoms with Crippen LogP contribution in [-0.2, 0) is 5.54 Å². The van der Waals surface area contributed by atoms with Gasteiger partial charge in [0.25, 0.3) is 5.91 Å². The Bertz CT molecular complexity index is 1180. The largest absolute Gasteiger partial charge is 0.492 e. The molecule has 5 heteroatoms. The van der Waals surface area contributed by atoms with E-state index in [2.05, 4.69) is 47.3 Å². The topological polar surface area (TPSA) is 63.2 Å². The molecule has 4 rings (SSSR count). The summed E-state index contributed by atoms with van der Waals surface area (Å²) in [7, 11) is 1.90. The maximum absolute atomic E-state index is 13.4. The molecule has 5 nitrogen and oxygen atoms in total. The third-order valence-corrected chi connectivity index (χ3v) is 6.28. The molecule has 0 spiro atoms. The first-order valence-corrected chi connectivity index (χ1v) is 11.1. The molecule has 1 amide bonds. The minimum absolute atomic E-state index is 0.0788. The van der Waals surface area contributed by atoms with E-state index in [9.17, 15) is 4.79 Å². The highest BCUT2D eigenvalue weighted by molar-refractivity contribution is 5.97. The molecule has 0 aliphatic heterocycles. The average molecular weight is 430 g/mol. The summed E-state index contributed by atoms with van der Waals surface area (Å²) < 4.78 is 5.87. The van der Waals surface area contributed by atoms with Crippen LogP contribution in [0.4, 0.5) is 0 Å². The Morgan fingerprint density at radius 2 is 2.03 bits per heavy atom. The van der Waals surface area contributed by atoms with Gasteiger partial charge < -0.3 is 15.4 Å². The number of pyridine rings is 1. The first kappa shape index (κ1) is 22.0. The molecule has 2 N–H and O–H groups in total. The second-order valence-electron chi connectivity index (χ2n) is 8.89. The monoisotopic (exact) mass is 429 g/mol. The molecular weight excluding hydrogens is 398 g/mol. The van der Waals surface area contributed by atoms with Crippen LogP contribution in [0.15, 0.2) is 55.2 Å². The number of hydrogen-bond acceptors (Lipinski definition) is 4. The number of fused-ring (bicyclic) bond motifs is 1.